The fraction of sp³-hybridized carbons (Fsp3) is 0.857. The second-order valence-corrected chi connectivity index (χ2v) is 5.41. The van der Waals surface area contributed by atoms with Crippen molar-refractivity contribution in [3.63, 3.8) is 0 Å². The van der Waals surface area contributed by atoms with Gasteiger partial charge >= 0.3 is 6.03 Å². The molecule has 6 nitrogen and oxygen atoms in total. The summed E-state index contributed by atoms with van der Waals surface area (Å²) in [6.45, 7) is 0.116. The average Bonchev–Trinajstić information content (AvgIpc) is 2.42. The lowest BCUT2D eigenvalue weighted by atomic mass is 10.3. The summed E-state index contributed by atoms with van der Waals surface area (Å²) in [6, 6.07) is -0.661. The predicted molar refractivity (Wildman–Crippen MR) is 50.6 cm³/mol. The number of carbonyl (C=O) groups is 1. The van der Waals surface area contributed by atoms with Crippen molar-refractivity contribution < 1.29 is 17.9 Å². The van der Waals surface area contributed by atoms with Crippen molar-refractivity contribution in [1.29, 1.82) is 0 Å². The normalized spacial score (nSPS) is 24.5. The molecule has 0 aliphatic carbocycles. The zero-order chi connectivity index (χ0) is 10.6. The zero-order valence-electron chi connectivity index (χ0n) is 7.95. The Bertz CT molecular complexity index is 301. The van der Waals surface area contributed by atoms with Gasteiger partial charge in [-0.3, -0.25) is 0 Å². The summed E-state index contributed by atoms with van der Waals surface area (Å²) < 4.78 is 26.7. The molecule has 2 amide bonds. The number of carbonyl (C=O) groups excluding carboxylic acids is 1. The smallest absolute Gasteiger partial charge is 0.316 e. The summed E-state index contributed by atoms with van der Waals surface area (Å²) in [5, 5.41) is 4.98. The topological polar surface area (TPSA) is 84.5 Å². The summed E-state index contributed by atoms with van der Waals surface area (Å²) in [7, 11) is -1.48. The number of methoxy groups -OCH3 is 1. The van der Waals surface area contributed by atoms with Crippen molar-refractivity contribution in [2.75, 3.05) is 25.3 Å². The number of hydrogen-bond acceptors (Lipinski definition) is 4. The molecule has 1 unspecified atom stereocenters. The van der Waals surface area contributed by atoms with Gasteiger partial charge in [-0.25, -0.2) is 13.2 Å². The van der Waals surface area contributed by atoms with E-state index in [0.29, 0.717) is 6.42 Å². The molecule has 0 bridgehead atoms. The van der Waals surface area contributed by atoms with Gasteiger partial charge in [0, 0.05) is 13.2 Å². The third-order valence-electron chi connectivity index (χ3n) is 1.94. The van der Waals surface area contributed by atoms with Crippen LogP contribution < -0.4 is 10.6 Å². The summed E-state index contributed by atoms with van der Waals surface area (Å²) in [5.74, 6) is 0.190. The van der Waals surface area contributed by atoms with Crippen molar-refractivity contribution >= 4 is 15.9 Å². The van der Waals surface area contributed by atoms with Gasteiger partial charge in [0.2, 0.25) is 0 Å². The molecule has 0 aromatic heterocycles. The molecule has 7 heteroatoms. The molecule has 0 radical (unpaired) electrons. The lowest BCUT2D eigenvalue weighted by molar-refractivity contribution is 0.171. The van der Waals surface area contributed by atoms with E-state index in [1.165, 1.54) is 7.11 Å². The first-order chi connectivity index (χ1) is 6.53. The molecule has 2 N–H and O–H groups in total. The average molecular weight is 222 g/mol. The van der Waals surface area contributed by atoms with E-state index < -0.39 is 15.9 Å². The Morgan fingerprint density at radius 3 is 2.79 bits per heavy atom. The van der Waals surface area contributed by atoms with Gasteiger partial charge in [0.05, 0.1) is 11.5 Å². The second-order valence-electron chi connectivity index (χ2n) is 3.18. The fourth-order valence-electron chi connectivity index (χ4n) is 1.28. The number of hydrogen-bond donors (Lipinski definition) is 2. The van der Waals surface area contributed by atoms with Crippen molar-refractivity contribution in [3.8, 4) is 0 Å². The maximum Gasteiger partial charge on any atom is 0.316 e. The molecule has 82 valence electrons. The van der Waals surface area contributed by atoms with Gasteiger partial charge in [0.15, 0.2) is 9.84 Å². The van der Waals surface area contributed by atoms with Crippen LogP contribution in [-0.4, -0.2) is 45.8 Å². The lowest BCUT2D eigenvalue weighted by Crippen LogP contribution is -2.43. The van der Waals surface area contributed by atoms with E-state index in [1.807, 2.05) is 0 Å². The van der Waals surface area contributed by atoms with E-state index in [4.69, 9.17) is 0 Å². The minimum atomic E-state index is -2.94. The van der Waals surface area contributed by atoms with Crippen LogP contribution in [0, 0.1) is 0 Å². The van der Waals surface area contributed by atoms with Gasteiger partial charge in [-0.15, -0.1) is 0 Å². The van der Waals surface area contributed by atoms with Gasteiger partial charge in [-0.1, -0.05) is 0 Å². The monoisotopic (exact) mass is 222 g/mol. The first kappa shape index (κ1) is 11.3. The molecule has 14 heavy (non-hydrogen) atoms. The van der Waals surface area contributed by atoms with Crippen LogP contribution in [0.3, 0.4) is 0 Å². The Balaban J connectivity index is 2.29. The number of amides is 2. The van der Waals surface area contributed by atoms with Gasteiger partial charge in [-0.2, -0.15) is 0 Å². The maximum atomic E-state index is 11.1. The molecule has 1 aliphatic heterocycles. The first-order valence-corrected chi connectivity index (χ1v) is 6.09. The summed E-state index contributed by atoms with van der Waals surface area (Å²) in [4.78, 5) is 11.1. The van der Waals surface area contributed by atoms with Crippen LogP contribution in [0.1, 0.15) is 6.42 Å². The zero-order valence-corrected chi connectivity index (χ0v) is 8.76. The molecule has 0 saturated carbocycles. The highest BCUT2D eigenvalue weighted by Crippen LogP contribution is 2.10. The van der Waals surface area contributed by atoms with E-state index >= 15 is 0 Å². The van der Waals surface area contributed by atoms with Crippen molar-refractivity contribution in [2.45, 2.75) is 12.5 Å². The van der Waals surface area contributed by atoms with Crippen LogP contribution in [-0.2, 0) is 14.6 Å². The van der Waals surface area contributed by atoms with E-state index in [1.54, 1.807) is 0 Å². The third-order valence-corrected chi connectivity index (χ3v) is 3.71. The van der Waals surface area contributed by atoms with Crippen molar-refractivity contribution in [2.24, 2.45) is 0 Å². The highest BCUT2D eigenvalue weighted by Gasteiger charge is 2.28. The highest BCUT2D eigenvalue weighted by atomic mass is 32.2. The molecule has 0 spiro atoms. The predicted octanol–water partition coefficient (Wildman–Crippen LogP) is -0.923. The van der Waals surface area contributed by atoms with Crippen LogP contribution in [0.5, 0.6) is 0 Å². The third kappa shape index (κ3) is 3.51. The standard InChI is InChI=1S/C7H14N2O4S/c1-13-5-8-7(10)9-6-2-3-14(11,12)4-6/h6H,2-5H2,1H3,(H2,8,9,10). The maximum absolute atomic E-state index is 11.1. The number of ether oxygens (including phenoxy) is 1. The van der Waals surface area contributed by atoms with E-state index in [2.05, 4.69) is 15.4 Å². The number of urea groups is 1. The van der Waals surface area contributed by atoms with Crippen LogP contribution in [0.25, 0.3) is 0 Å². The van der Waals surface area contributed by atoms with Gasteiger partial charge in [-0.05, 0) is 6.42 Å². The highest BCUT2D eigenvalue weighted by molar-refractivity contribution is 7.91. The minimum absolute atomic E-state index is 0.0351. The molecular weight excluding hydrogens is 208 g/mol. The summed E-state index contributed by atoms with van der Waals surface area (Å²) in [6.07, 6.45) is 0.489. The van der Waals surface area contributed by atoms with E-state index in [9.17, 15) is 13.2 Å². The molecular formula is C7H14N2O4S. The quantitative estimate of drug-likeness (QED) is 0.605. The van der Waals surface area contributed by atoms with Gasteiger partial charge < -0.3 is 15.4 Å². The van der Waals surface area contributed by atoms with Crippen LogP contribution in [0.4, 0.5) is 4.79 Å². The molecule has 0 aromatic carbocycles. The Morgan fingerprint density at radius 1 is 1.57 bits per heavy atom. The van der Waals surface area contributed by atoms with Crippen molar-refractivity contribution in [1.82, 2.24) is 10.6 Å². The Labute approximate surface area is 82.9 Å². The van der Waals surface area contributed by atoms with E-state index in [0.717, 1.165) is 0 Å². The molecule has 1 rings (SSSR count). The Hall–Kier alpha value is -0.820. The molecule has 1 aliphatic rings. The molecule has 1 fully saturated rings. The second kappa shape index (κ2) is 4.61. The molecule has 1 saturated heterocycles. The number of nitrogens with one attached hydrogen (secondary N) is 2. The van der Waals surface area contributed by atoms with E-state index in [-0.39, 0.29) is 24.3 Å². The minimum Gasteiger partial charge on any atom is -0.364 e. The Morgan fingerprint density at radius 2 is 2.29 bits per heavy atom. The Kier molecular flexibility index (Phi) is 3.70. The van der Waals surface area contributed by atoms with Crippen LogP contribution >= 0.6 is 0 Å². The van der Waals surface area contributed by atoms with Crippen molar-refractivity contribution in [3.05, 3.63) is 0 Å². The van der Waals surface area contributed by atoms with Gasteiger partial charge in [0.25, 0.3) is 0 Å². The SMILES string of the molecule is COCNC(=O)NC1CCS(=O)(=O)C1. The fourth-order valence-corrected chi connectivity index (χ4v) is 2.96. The van der Waals surface area contributed by atoms with Crippen LogP contribution in [0.2, 0.25) is 0 Å². The van der Waals surface area contributed by atoms with Crippen LogP contribution in [0.15, 0.2) is 0 Å². The number of sulfone groups is 1. The summed E-state index contributed by atoms with van der Waals surface area (Å²) in [5.41, 5.74) is 0. The first-order valence-electron chi connectivity index (χ1n) is 4.27. The van der Waals surface area contributed by atoms with Gasteiger partial charge in [0.1, 0.15) is 6.73 Å². The summed E-state index contributed by atoms with van der Waals surface area (Å²) >= 11 is 0. The molecule has 1 atom stereocenters. The molecule has 0 aromatic rings. The largest absolute Gasteiger partial charge is 0.364 e. The molecule has 1 heterocycles. The lowest BCUT2D eigenvalue weighted by Gasteiger charge is -2.11. The number of rotatable bonds is 3.